The Hall–Kier alpha value is -3.81. The summed E-state index contributed by atoms with van der Waals surface area (Å²) in [5.74, 6) is 0.213. The van der Waals surface area contributed by atoms with Gasteiger partial charge in [-0.2, -0.15) is 15.1 Å². The zero-order valence-electron chi connectivity index (χ0n) is 18.4. The summed E-state index contributed by atoms with van der Waals surface area (Å²) in [5, 5.41) is 17.6. The van der Waals surface area contributed by atoms with Gasteiger partial charge < -0.3 is 30.7 Å². The maximum absolute atomic E-state index is 12.9. The van der Waals surface area contributed by atoms with E-state index in [2.05, 4.69) is 25.1 Å². The Bertz CT molecular complexity index is 1220. The van der Waals surface area contributed by atoms with Gasteiger partial charge in [-0.1, -0.05) is 0 Å². The third-order valence-corrected chi connectivity index (χ3v) is 5.52. The van der Waals surface area contributed by atoms with Crippen LogP contribution in [-0.4, -0.2) is 74.4 Å². The van der Waals surface area contributed by atoms with Gasteiger partial charge in [-0.3, -0.25) is 4.68 Å². The number of aliphatic hydroxyl groups excluding tert-OH is 1. The van der Waals surface area contributed by atoms with E-state index in [1.807, 2.05) is 4.90 Å². The molecule has 1 aliphatic rings. The molecule has 0 bridgehead atoms. The first kappa shape index (κ1) is 23.4. The van der Waals surface area contributed by atoms with E-state index in [0.717, 1.165) is 6.07 Å². The Morgan fingerprint density at radius 3 is 2.76 bits per heavy atom. The minimum absolute atomic E-state index is 0.0661. The number of aliphatic hydroxyl groups is 1. The van der Waals surface area contributed by atoms with Crippen LogP contribution < -0.4 is 20.7 Å². The van der Waals surface area contributed by atoms with Crippen molar-refractivity contribution in [2.24, 2.45) is 7.05 Å². The lowest BCUT2D eigenvalue weighted by Gasteiger charge is -2.41. The van der Waals surface area contributed by atoms with Crippen molar-refractivity contribution >= 4 is 34.5 Å². The van der Waals surface area contributed by atoms with Gasteiger partial charge in [0.05, 0.1) is 24.2 Å². The quantitative estimate of drug-likeness (QED) is 0.515. The molecule has 3 heterocycles. The van der Waals surface area contributed by atoms with Crippen LogP contribution in [0.4, 0.5) is 35.4 Å². The number of piperazine rings is 1. The number of aryl methyl sites for hydroxylation is 2. The first-order valence-electron chi connectivity index (χ1n) is 10.3. The predicted octanol–water partition coefficient (Wildman–Crippen LogP) is 1.87. The van der Waals surface area contributed by atoms with E-state index in [9.17, 15) is 23.1 Å². The molecule has 0 saturated carbocycles. The van der Waals surface area contributed by atoms with E-state index in [-0.39, 0.29) is 24.8 Å². The number of nitrogens with two attached hydrogens (primary N) is 1. The van der Waals surface area contributed by atoms with Crippen molar-refractivity contribution in [3.8, 4) is 5.75 Å². The van der Waals surface area contributed by atoms with Crippen LogP contribution in [0.2, 0.25) is 0 Å². The summed E-state index contributed by atoms with van der Waals surface area (Å²) in [6.45, 7) is 2.16. The number of ether oxygens (including phenoxy) is 1. The highest BCUT2D eigenvalue weighted by Gasteiger charge is 2.33. The highest BCUT2D eigenvalue weighted by Crippen LogP contribution is 2.29. The summed E-state index contributed by atoms with van der Waals surface area (Å²) in [4.78, 5) is 24.8. The lowest BCUT2D eigenvalue weighted by atomic mass is 10.1. The molecule has 3 aromatic rings. The minimum atomic E-state index is -4.80. The third-order valence-electron chi connectivity index (χ3n) is 5.52. The number of nitrogens with zero attached hydrogens (tertiary/aromatic N) is 6. The van der Waals surface area contributed by atoms with Crippen molar-refractivity contribution in [1.82, 2.24) is 24.6 Å². The molecule has 11 nitrogen and oxygen atoms in total. The maximum Gasteiger partial charge on any atom is 0.573 e. The average molecular weight is 480 g/mol. The predicted molar refractivity (Wildman–Crippen MR) is 117 cm³/mol. The van der Waals surface area contributed by atoms with Gasteiger partial charge in [0.25, 0.3) is 0 Å². The number of hydrogen-bond acceptors (Lipinski definition) is 8. The molecule has 0 unspecified atom stereocenters. The number of alkyl halides is 3. The standard InChI is InChI=1S/C20H23F3N8O3/c1-11-7-13(34-20(21,22)23)3-4-15(11)26-19(33)30-5-6-31(12(9-30)10-32)17-14-8-25-29(2)16(14)27-18(24)28-17/h3-4,7-8,12,32H,5-6,9-10H2,1-2H3,(H,26,33)(H2,24,27,28)/t12-/m1/s1. The summed E-state index contributed by atoms with van der Waals surface area (Å²) >= 11 is 0. The monoisotopic (exact) mass is 480 g/mol. The van der Waals surface area contributed by atoms with Crippen LogP contribution in [-0.2, 0) is 7.05 Å². The molecule has 1 saturated heterocycles. The van der Waals surface area contributed by atoms with Crippen LogP contribution in [0.5, 0.6) is 5.75 Å². The Morgan fingerprint density at radius 1 is 1.32 bits per heavy atom. The van der Waals surface area contributed by atoms with Gasteiger partial charge in [0.2, 0.25) is 5.95 Å². The highest BCUT2D eigenvalue weighted by molar-refractivity contribution is 5.91. The highest BCUT2D eigenvalue weighted by atomic mass is 19.4. The smallest absolute Gasteiger partial charge is 0.406 e. The summed E-state index contributed by atoms with van der Waals surface area (Å²) in [6, 6.07) is 2.75. The van der Waals surface area contributed by atoms with Gasteiger partial charge >= 0.3 is 12.4 Å². The lowest BCUT2D eigenvalue weighted by Crippen LogP contribution is -2.57. The third kappa shape index (κ3) is 4.76. The number of amides is 2. The van der Waals surface area contributed by atoms with Crippen molar-refractivity contribution in [2.75, 3.05) is 42.2 Å². The summed E-state index contributed by atoms with van der Waals surface area (Å²) in [7, 11) is 1.73. The second-order valence-electron chi connectivity index (χ2n) is 7.84. The molecular weight excluding hydrogens is 457 g/mol. The SMILES string of the molecule is Cc1cc(OC(F)(F)F)ccc1NC(=O)N1CCN(c2nc(N)nc3c2cnn3C)[C@@H](CO)C1. The number of urea groups is 1. The number of carbonyl (C=O) groups excluding carboxylic acids is 1. The fourth-order valence-electron chi connectivity index (χ4n) is 3.89. The van der Waals surface area contributed by atoms with Gasteiger partial charge in [-0.15, -0.1) is 13.2 Å². The van der Waals surface area contributed by atoms with Crippen LogP contribution >= 0.6 is 0 Å². The number of hydrogen-bond donors (Lipinski definition) is 3. The van der Waals surface area contributed by atoms with E-state index in [4.69, 9.17) is 5.73 Å². The van der Waals surface area contributed by atoms with Gasteiger partial charge in [0.1, 0.15) is 11.6 Å². The number of fused-ring (bicyclic) bond motifs is 1. The number of aromatic nitrogens is 4. The van der Waals surface area contributed by atoms with E-state index < -0.39 is 18.4 Å². The molecule has 4 rings (SSSR count). The molecular formula is C20H23F3N8O3. The van der Waals surface area contributed by atoms with Crippen LogP contribution in [0.15, 0.2) is 24.4 Å². The zero-order valence-corrected chi connectivity index (χ0v) is 18.4. The van der Waals surface area contributed by atoms with E-state index >= 15 is 0 Å². The number of rotatable bonds is 4. The number of anilines is 3. The molecule has 0 spiro atoms. The van der Waals surface area contributed by atoms with E-state index in [1.54, 1.807) is 24.9 Å². The molecule has 1 fully saturated rings. The number of halogens is 3. The summed E-state index contributed by atoms with van der Waals surface area (Å²) < 4.78 is 42.7. The molecule has 34 heavy (non-hydrogen) atoms. The molecule has 182 valence electrons. The normalized spacial score (nSPS) is 16.7. The largest absolute Gasteiger partial charge is 0.573 e. The van der Waals surface area contributed by atoms with Crippen LogP contribution in [0, 0.1) is 6.92 Å². The molecule has 1 aromatic carbocycles. The summed E-state index contributed by atoms with van der Waals surface area (Å²) in [6.07, 6.45) is -3.18. The first-order valence-corrected chi connectivity index (χ1v) is 10.3. The second-order valence-corrected chi connectivity index (χ2v) is 7.84. The van der Waals surface area contributed by atoms with Crippen molar-refractivity contribution in [3.05, 3.63) is 30.0 Å². The zero-order chi connectivity index (χ0) is 24.6. The minimum Gasteiger partial charge on any atom is -0.406 e. The maximum atomic E-state index is 12.9. The summed E-state index contributed by atoms with van der Waals surface area (Å²) in [5.41, 5.74) is 7.17. The number of nitrogen functional groups attached to an aromatic ring is 1. The fourth-order valence-corrected chi connectivity index (χ4v) is 3.89. The number of benzene rings is 1. The number of carbonyl (C=O) groups is 1. The molecule has 1 aliphatic heterocycles. The Kier molecular flexibility index (Phi) is 6.08. The average Bonchev–Trinajstić information content (AvgIpc) is 3.14. The Balaban J connectivity index is 1.48. The fraction of sp³-hybridized carbons (Fsp3) is 0.400. The molecule has 4 N–H and O–H groups in total. The topological polar surface area (TPSA) is 135 Å². The Labute approximate surface area is 191 Å². The molecule has 0 radical (unpaired) electrons. The second kappa shape index (κ2) is 8.85. The van der Waals surface area contributed by atoms with E-state index in [0.29, 0.717) is 41.2 Å². The van der Waals surface area contributed by atoms with Crippen LogP contribution in [0.25, 0.3) is 11.0 Å². The van der Waals surface area contributed by atoms with Gasteiger partial charge in [0, 0.05) is 32.4 Å². The van der Waals surface area contributed by atoms with Gasteiger partial charge in [0.15, 0.2) is 5.65 Å². The molecule has 2 aromatic heterocycles. The van der Waals surface area contributed by atoms with Crippen molar-refractivity contribution in [1.29, 1.82) is 0 Å². The van der Waals surface area contributed by atoms with Crippen molar-refractivity contribution in [3.63, 3.8) is 0 Å². The first-order chi connectivity index (χ1) is 16.1. The molecule has 14 heteroatoms. The Morgan fingerprint density at radius 2 is 2.09 bits per heavy atom. The van der Waals surface area contributed by atoms with Crippen molar-refractivity contribution in [2.45, 2.75) is 19.3 Å². The molecule has 2 amide bonds. The van der Waals surface area contributed by atoms with Gasteiger partial charge in [-0.05, 0) is 30.7 Å². The van der Waals surface area contributed by atoms with E-state index in [1.165, 1.54) is 17.0 Å². The van der Waals surface area contributed by atoms with Gasteiger partial charge in [-0.25, -0.2) is 4.79 Å². The lowest BCUT2D eigenvalue weighted by molar-refractivity contribution is -0.274. The van der Waals surface area contributed by atoms with Crippen LogP contribution in [0.3, 0.4) is 0 Å². The number of nitrogens with one attached hydrogen (secondary N) is 1. The van der Waals surface area contributed by atoms with Crippen LogP contribution in [0.1, 0.15) is 5.56 Å². The molecule has 1 atom stereocenters. The van der Waals surface area contributed by atoms with Crippen molar-refractivity contribution < 1.29 is 27.8 Å². The molecule has 0 aliphatic carbocycles.